The SMILES string of the molecule is Brc1ccc(-c2nc(-c3cc(-c4ccccc4)cc(-c4ccccc4)c3)c3ccccc3n2)cc1.Brc1ccc(-c2nc(-c3ccc4ccccc4c3)c3ccccc3n2)cc1.Brc1ccc(-c2nc(-c3cccc(-c4ccccc4)c3)c3ccccc3n2)cc1.Brc1ccc(-c2nc(-c3cccc4ccccc34)c3ccccc3n2)cc1.CC1(C)c2ccccc2-c2ccc(-c3nc(-c4ccc(Br)cc4)nc4ccccc34)cc21. The van der Waals surface area contributed by atoms with Crippen LogP contribution in [0, 0.1) is 0 Å². The van der Waals surface area contributed by atoms with Crippen LogP contribution in [0.1, 0.15) is 25.0 Å². The van der Waals surface area contributed by atoms with Crippen LogP contribution in [0.3, 0.4) is 0 Å². The van der Waals surface area contributed by atoms with Gasteiger partial charge >= 0.3 is 0 Å². The van der Waals surface area contributed by atoms with Crippen LogP contribution in [0.25, 0.3) is 234 Å². The highest BCUT2D eigenvalue weighted by molar-refractivity contribution is 9.11. The summed E-state index contributed by atoms with van der Waals surface area (Å²) in [5, 5.41) is 10.1. The zero-order chi connectivity index (χ0) is 102. The standard InChI is InChI=1S/C32H21BrN2.C29H21BrN2.C26H17BrN2.2C24H15BrN2/c33-28-17-15-24(16-18-28)32-34-30-14-8-7-13-29(30)31(35-32)27-20-25(22-9-3-1-4-10-22)19-26(21-27)23-11-5-2-6-12-23;1-29(2)24-9-5-3-7-21(24)22-16-13-19(17-25(22)29)27-23-8-4-6-10-26(23)31-28(32-27)18-11-14-20(30)15-12-18;27-22-15-13-19(14-16-22)26-28-24-12-5-4-11-23(24)25(29-26)21-10-6-9-20(17-21)18-7-2-1-3-8-18;25-18-14-12-17(13-15-18)24-26-22-11-4-3-9-21(22)23(27-24)20-10-5-7-16-6-1-2-8-19(16)20;25-20-13-11-17(12-14-20)24-26-22-8-4-3-7-21(22)23(27-24)19-10-9-16-5-1-2-6-18(16)15-19/h1-21H;3-17H,1-2H3;1-17H;2*1-15H. The fourth-order valence-corrected chi connectivity index (χ4v) is 20.9. The Kier molecular flexibility index (Phi) is 27.9. The third kappa shape index (κ3) is 20.8. The van der Waals surface area contributed by atoms with Gasteiger partial charge in [0.25, 0.3) is 0 Å². The number of para-hydroxylation sites is 5. The Morgan fingerprint density at radius 1 is 0.147 bits per heavy atom. The minimum Gasteiger partial charge on any atom is -0.228 e. The van der Waals surface area contributed by atoms with Crippen molar-refractivity contribution in [3.8, 4) is 158 Å². The molecule has 0 fully saturated rings. The molecule has 0 saturated carbocycles. The molecule has 1 aliphatic rings. The minimum absolute atomic E-state index is 0.0424. The molecule has 26 aromatic rings. The molecule has 10 nitrogen and oxygen atoms in total. The number of halogens is 5. The lowest BCUT2D eigenvalue weighted by Crippen LogP contribution is -2.14. The van der Waals surface area contributed by atoms with Crippen LogP contribution >= 0.6 is 79.6 Å². The van der Waals surface area contributed by atoms with E-state index in [-0.39, 0.29) is 5.41 Å². The zero-order valence-electron chi connectivity index (χ0n) is 81.3. The van der Waals surface area contributed by atoms with E-state index in [1.54, 1.807) is 0 Å². The molecule has 0 aliphatic heterocycles. The summed E-state index contributed by atoms with van der Waals surface area (Å²) in [6.07, 6.45) is 0. The molecule has 0 unspecified atom stereocenters. The average Bonchev–Trinajstić information content (AvgIpc) is 1.57. The maximum Gasteiger partial charge on any atom is 0.160 e. The van der Waals surface area contributed by atoms with E-state index in [0.717, 1.165) is 201 Å². The fourth-order valence-electron chi connectivity index (χ4n) is 19.6. The summed E-state index contributed by atoms with van der Waals surface area (Å²) < 4.78 is 5.20. The van der Waals surface area contributed by atoms with E-state index in [2.05, 4.69) is 397 Å². The number of benzene rings is 21. The van der Waals surface area contributed by atoms with Crippen molar-refractivity contribution in [2.24, 2.45) is 0 Å². The molecule has 714 valence electrons. The van der Waals surface area contributed by atoms with Gasteiger partial charge in [-0.2, -0.15) is 0 Å². The molecule has 5 heterocycles. The van der Waals surface area contributed by atoms with Crippen molar-refractivity contribution in [3.05, 3.63) is 537 Å². The van der Waals surface area contributed by atoms with Crippen LogP contribution in [0.5, 0.6) is 0 Å². The number of hydrogen-bond donors (Lipinski definition) is 0. The van der Waals surface area contributed by atoms with Gasteiger partial charge in [0.1, 0.15) is 0 Å². The smallest absolute Gasteiger partial charge is 0.160 e. The summed E-state index contributed by atoms with van der Waals surface area (Å²) in [7, 11) is 0. The number of aromatic nitrogens is 10. The molecule has 0 N–H and O–H groups in total. The van der Waals surface area contributed by atoms with Gasteiger partial charge in [-0.15, -0.1) is 0 Å². The fraction of sp³-hybridized carbons (Fsp3) is 0.0222. The molecule has 5 aromatic heterocycles. The van der Waals surface area contributed by atoms with E-state index >= 15 is 0 Å². The van der Waals surface area contributed by atoms with Crippen LogP contribution in [0.15, 0.2) is 526 Å². The predicted octanol–water partition coefficient (Wildman–Crippen LogP) is 38.2. The van der Waals surface area contributed by atoms with E-state index in [0.29, 0.717) is 0 Å². The molecule has 0 saturated heterocycles. The summed E-state index contributed by atoms with van der Waals surface area (Å²) in [6.45, 7) is 4.62. The summed E-state index contributed by atoms with van der Waals surface area (Å²) >= 11 is 17.5. The molecule has 0 radical (unpaired) electrons. The Balaban J connectivity index is 0.000000103. The average molecular weight is 2250 g/mol. The number of fused-ring (bicyclic) bond motifs is 10. The van der Waals surface area contributed by atoms with Crippen LogP contribution in [-0.2, 0) is 5.41 Å². The normalized spacial score (nSPS) is 11.6. The Morgan fingerprint density at radius 2 is 0.407 bits per heavy atom. The molecule has 0 amide bonds. The third-order valence-corrected chi connectivity index (χ3v) is 29.8. The van der Waals surface area contributed by atoms with E-state index in [9.17, 15) is 0 Å². The van der Waals surface area contributed by atoms with Gasteiger partial charge in [0, 0.05) is 110 Å². The lowest BCUT2D eigenvalue weighted by atomic mass is 9.82. The molecular formula is C135H89Br5N10. The van der Waals surface area contributed by atoms with Gasteiger partial charge in [-0.1, -0.05) is 470 Å². The van der Waals surface area contributed by atoms with Crippen LogP contribution in [0.4, 0.5) is 0 Å². The highest BCUT2D eigenvalue weighted by atomic mass is 79.9. The summed E-state index contributed by atoms with van der Waals surface area (Å²) in [5.41, 5.74) is 32.5. The van der Waals surface area contributed by atoms with Gasteiger partial charge in [-0.3, -0.25) is 0 Å². The molecule has 0 spiro atoms. The van der Waals surface area contributed by atoms with E-state index in [1.807, 2.05) is 200 Å². The topological polar surface area (TPSA) is 129 Å². The Morgan fingerprint density at radius 3 is 0.827 bits per heavy atom. The molecule has 1 aliphatic carbocycles. The lowest BCUT2D eigenvalue weighted by Gasteiger charge is -2.22. The molecule has 0 atom stereocenters. The van der Waals surface area contributed by atoms with Crippen molar-refractivity contribution in [2.75, 3.05) is 0 Å². The third-order valence-electron chi connectivity index (χ3n) is 27.1. The second kappa shape index (κ2) is 43.3. The second-order valence-corrected chi connectivity index (χ2v) is 41.7. The first-order chi connectivity index (χ1) is 73.6. The first-order valence-electron chi connectivity index (χ1n) is 49.4. The van der Waals surface area contributed by atoms with Crippen LogP contribution in [0.2, 0.25) is 0 Å². The van der Waals surface area contributed by atoms with E-state index in [4.69, 9.17) is 49.8 Å². The van der Waals surface area contributed by atoms with Crippen molar-refractivity contribution in [1.29, 1.82) is 0 Å². The first kappa shape index (κ1) is 96.7. The van der Waals surface area contributed by atoms with Gasteiger partial charge in [-0.25, -0.2) is 49.8 Å². The molecule has 0 bridgehead atoms. The summed E-state index contributed by atoms with van der Waals surface area (Å²) in [4.78, 5) is 49.3. The van der Waals surface area contributed by atoms with Crippen molar-refractivity contribution in [1.82, 2.24) is 49.8 Å². The van der Waals surface area contributed by atoms with Crippen molar-refractivity contribution in [3.63, 3.8) is 0 Å². The lowest BCUT2D eigenvalue weighted by molar-refractivity contribution is 0.660. The van der Waals surface area contributed by atoms with Crippen LogP contribution < -0.4 is 0 Å². The maximum absolute atomic E-state index is 5.11. The molecule has 21 aromatic carbocycles. The van der Waals surface area contributed by atoms with Gasteiger partial charge < -0.3 is 0 Å². The first-order valence-corrected chi connectivity index (χ1v) is 53.4. The minimum atomic E-state index is -0.0424. The largest absolute Gasteiger partial charge is 0.228 e. The number of nitrogens with zero attached hydrogens (tertiary/aromatic N) is 10. The van der Waals surface area contributed by atoms with Gasteiger partial charge in [0.05, 0.1) is 56.1 Å². The number of hydrogen-bond acceptors (Lipinski definition) is 10. The zero-order valence-corrected chi connectivity index (χ0v) is 89.2. The van der Waals surface area contributed by atoms with Crippen molar-refractivity contribution >= 4 is 156 Å². The Labute approximate surface area is 911 Å². The van der Waals surface area contributed by atoms with Gasteiger partial charge in [-0.05, 0) is 205 Å². The molecular weight excluding hydrogens is 2160 g/mol. The maximum atomic E-state index is 5.11. The predicted molar refractivity (Wildman–Crippen MR) is 639 cm³/mol. The van der Waals surface area contributed by atoms with Gasteiger partial charge in [0.15, 0.2) is 29.1 Å². The monoisotopic (exact) mass is 2240 g/mol. The highest BCUT2D eigenvalue weighted by Gasteiger charge is 2.36. The highest BCUT2D eigenvalue weighted by Crippen LogP contribution is 2.51. The number of rotatable bonds is 13. The van der Waals surface area contributed by atoms with E-state index < -0.39 is 0 Å². The summed E-state index contributed by atoms with van der Waals surface area (Å²) in [6, 6.07) is 174. The van der Waals surface area contributed by atoms with E-state index in [1.165, 1.54) is 66.1 Å². The quantitative estimate of drug-likeness (QED) is 0.110. The Bertz CT molecular complexity index is 9450. The van der Waals surface area contributed by atoms with Crippen molar-refractivity contribution in [2.45, 2.75) is 19.3 Å². The van der Waals surface area contributed by atoms with Crippen molar-refractivity contribution < 1.29 is 0 Å². The summed E-state index contributed by atoms with van der Waals surface area (Å²) in [5.74, 6) is 3.68. The molecule has 27 rings (SSSR count). The second-order valence-electron chi connectivity index (χ2n) is 37.1. The van der Waals surface area contributed by atoms with Crippen LogP contribution in [-0.4, -0.2) is 49.8 Å². The van der Waals surface area contributed by atoms with Gasteiger partial charge in [0.2, 0.25) is 0 Å². The molecule has 15 heteroatoms. The Hall–Kier alpha value is -16.8. The molecule has 150 heavy (non-hydrogen) atoms.